The van der Waals surface area contributed by atoms with Gasteiger partial charge < -0.3 is 20.9 Å². The van der Waals surface area contributed by atoms with E-state index >= 15 is 0 Å². The normalized spacial score (nSPS) is 18.9. The molecule has 0 radical (unpaired) electrons. The molecule has 9 nitrogen and oxygen atoms in total. The van der Waals surface area contributed by atoms with Crippen LogP contribution in [0.15, 0.2) is 67.0 Å². The number of benzene rings is 1. The molecular weight excluding hydrogens is 438 g/mol. The van der Waals surface area contributed by atoms with Crippen molar-refractivity contribution in [3.05, 3.63) is 72.7 Å². The van der Waals surface area contributed by atoms with Crippen molar-refractivity contribution in [2.24, 2.45) is 0 Å². The molecule has 3 aromatic heterocycles. The first-order valence-corrected chi connectivity index (χ1v) is 11.9. The molecule has 5 heterocycles. The highest BCUT2D eigenvalue weighted by molar-refractivity contribution is 5.62. The topological polar surface area (TPSA) is 104 Å². The van der Waals surface area contributed by atoms with Gasteiger partial charge in [0.05, 0.1) is 0 Å². The zero-order valence-electron chi connectivity index (χ0n) is 19.5. The van der Waals surface area contributed by atoms with E-state index in [1.807, 2.05) is 25.1 Å². The van der Waals surface area contributed by atoms with E-state index in [0.717, 1.165) is 30.2 Å². The van der Waals surface area contributed by atoms with Crippen molar-refractivity contribution in [2.45, 2.75) is 31.8 Å². The molecule has 35 heavy (non-hydrogen) atoms. The molecule has 4 aromatic rings. The number of hydrogen-bond acceptors (Lipinski definition) is 9. The highest BCUT2D eigenvalue weighted by Crippen LogP contribution is 2.33. The standard InChI is InChI=1S/C26H27N9/c1-17-3-2-4-22(30-17)25-28-13-11-23(33-25)32-24-12-14-29-26(34-24)31-18-5-7-19(8-6-18)35-20-9-10-21(35)16-27-15-20/h2-8,11-14,20-21,27H,9-10,15-16H2,1H3,(H2,28,29,31,32,33,34). The van der Waals surface area contributed by atoms with Gasteiger partial charge in [-0.15, -0.1) is 0 Å². The summed E-state index contributed by atoms with van der Waals surface area (Å²) in [6.07, 6.45) is 5.96. The highest BCUT2D eigenvalue weighted by atomic mass is 15.3. The number of nitrogens with one attached hydrogen (secondary N) is 3. The van der Waals surface area contributed by atoms with Gasteiger partial charge >= 0.3 is 0 Å². The van der Waals surface area contributed by atoms with E-state index in [-0.39, 0.29) is 0 Å². The Hall–Kier alpha value is -4.11. The lowest BCUT2D eigenvalue weighted by molar-refractivity contribution is 0.485. The molecule has 9 heteroatoms. The highest BCUT2D eigenvalue weighted by Gasteiger charge is 2.36. The van der Waals surface area contributed by atoms with Crippen LogP contribution in [0.2, 0.25) is 0 Å². The first-order chi connectivity index (χ1) is 17.2. The minimum absolute atomic E-state index is 0.514. The number of aromatic nitrogens is 5. The third-order valence-corrected chi connectivity index (χ3v) is 6.49. The molecule has 2 unspecified atom stereocenters. The van der Waals surface area contributed by atoms with E-state index in [0.29, 0.717) is 35.5 Å². The summed E-state index contributed by atoms with van der Waals surface area (Å²) in [6.45, 7) is 4.09. The molecule has 2 saturated heterocycles. The van der Waals surface area contributed by atoms with E-state index in [4.69, 9.17) is 0 Å². The lowest BCUT2D eigenvalue weighted by atomic mass is 10.1. The van der Waals surface area contributed by atoms with Crippen molar-refractivity contribution in [3.63, 3.8) is 0 Å². The van der Waals surface area contributed by atoms with E-state index in [1.54, 1.807) is 24.5 Å². The van der Waals surface area contributed by atoms with Gasteiger partial charge in [0.2, 0.25) is 5.95 Å². The van der Waals surface area contributed by atoms with Crippen LogP contribution in [0.3, 0.4) is 0 Å². The zero-order chi connectivity index (χ0) is 23.6. The minimum atomic E-state index is 0.514. The predicted octanol–water partition coefficient (Wildman–Crippen LogP) is 4.06. The maximum Gasteiger partial charge on any atom is 0.229 e. The Morgan fingerprint density at radius 1 is 0.800 bits per heavy atom. The molecule has 0 spiro atoms. The van der Waals surface area contributed by atoms with Crippen LogP contribution in [0, 0.1) is 6.92 Å². The smallest absolute Gasteiger partial charge is 0.229 e. The van der Waals surface area contributed by atoms with E-state index in [2.05, 4.69) is 70.0 Å². The molecule has 0 saturated carbocycles. The number of fused-ring (bicyclic) bond motifs is 2. The van der Waals surface area contributed by atoms with Gasteiger partial charge in [-0.25, -0.2) is 19.9 Å². The predicted molar refractivity (Wildman–Crippen MR) is 137 cm³/mol. The Bertz CT molecular complexity index is 1310. The van der Waals surface area contributed by atoms with E-state index in [9.17, 15) is 0 Å². The van der Waals surface area contributed by atoms with Gasteiger partial charge in [-0.3, -0.25) is 0 Å². The summed E-state index contributed by atoms with van der Waals surface area (Å²) in [5.41, 5.74) is 3.88. The average molecular weight is 466 g/mol. The first kappa shape index (κ1) is 21.4. The van der Waals surface area contributed by atoms with Crippen LogP contribution in [0.25, 0.3) is 11.5 Å². The number of hydrogen-bond donors (Lipinski definition) is 3. The molecule has 0 amide bonds. The Morgan fingerprint density at radius 3 is 2.31 bits per heavy atom. The van der Waals surface area contributed by atoms with Gasteiger partial charge in [-0.1, -0.05) is 6.07 Å². The van der Waals surface area contributed by atoms with Crippen LogP contribution in [0.5, 0.6) is 0 Å². The first-order valence-electron chi connectivity index (χ1n) is 11.9. The van der Waals surface area contributed by atoms with Crippen molar-refractivity contribution >= 4 is 29.0 Å². The SMILES string of the molecule is Cc1cccc(-c2nccc(Nc3ccnc(Nc4ccc(N5C6CCC5CNC6)cc4)n3)n2)n1. The van der Waals surface area contributed by atoms with Crippen molar-refractivity contribution in [1.82, 2.24) is 30.2 Å². The molecule has 3 N–H and O–H groups in total. The molecule has 6 rings (SSSR count). The van der Waals surface area contributed by atoms with Crippen LogP contribution >= 0.6 is 0 Å². The third-order valence-electron chi connectivity index (χ3n) is 6.49. The molecule has 176 valence electrons. The fourth-order valence-corrected chi connectivity index (χ4v) is 4.89. The second-order valence-corrected chi connectivity index (χ2v) is 8.94. The largest absolute Gasteiger partial charge is 0.363 e. The Morgan fingerprint density at radius 2 is 1.54 bits per heavy atom. The van der Waals surface area contributed by atoms with Crippen molar-refractivity contribution in [3.8, 4) is 11.5 Å². The second kappa shape index (κ2) is 9.27. The van der Waals surface area contributed by atoms with Gasteiger partial charge in [0.15, 0.2) is 5.82 Å². The Balaban J connectivity index is 1.15. The Kier molecular flexibility index (Phi) is 5.67. The summed E-state index contributed by atoms with van der Waals surface area (Å²) in [5.74, 6) is 2.35. The molecule has 2 fully saturated rings. The van der Waals surface area contributed by atoms with Gasteiger partial charge in [-0.2, -0.15) is 4.98 Å². The second-order valence-electron chi connectivity index (χ2n) is 8.94. The van der Waals surface area contributed by atoms with Gasteiger partial charge in [0.25, 0.3) is 0 Å². The van der Waals surface area contributed by atoms with Crippen LogP contribution in [-0.2, 0) is 0 Å². The third kappa shape index (κ3) is 4.63. The maximum absolute atomic E-state index is 4.60. The average Bonchev–Trinajstić information content (AvgIpc) is 3.13. The van der Waals surface area contributed by atoms with Crippen molar-refractivity contribution < 1.29 is 0 Å². The van der Waals surface area contributed by atoms with Crippen LogP contribution in [0.1, 0.15) is 18.5 Å². The zero-order valence-corrected chi connectivity index (χ0v) is 19.5. The molecule has 0 aliphatic carbocycles. The lowest BCUT2D eigenvalue weighted by Gasteiger charge is -2.37. The van der Waals surface area contributed by atoms with E-state index < -0.39 is 0 Å². The number of pyridine rings is 1. The lowest BCUT2D eigenvalue weighted by Crippen LogP contribution is -2.51. The summed E-state index contributed by atoms with van der Waals surface area (Å²) in [4.78, 5) is 25.0. The van der Waals surface area contributed by atoms with Crippen LogP contribution in [-0.4, -0.2) is 50.1 Å². The summed E-state index contributed by atoms with van der Waals surface area (Å²) in [7, 11) is 0. The quantitative estimate of drug-likeness (QED) is 0.389. The van der Waals surface area contributed by atoms with Crippen molar-refractivity contribution in [1.29, 1.82) is 0 Å². The molecule has 2 atom stereocenters. The molecule has 2 bridgehead atoms. The molecular formula is C26H27N9. The molecule has 2 aliphatic rings. The fraction of sp³-hybridized carbons (Fsp3) is 0.269. The fourth-order valence-electron chi connectivity index (χ4n) is 4.89. The van der Waals surface area contributed by atoms with Gasteiger partial charge in [0, 0.05) is 54.6 Å². The van der Waals surface area contributed by atoms with Crippen LogP contribution < -0.4 is 20.9 Å². The van der Waals surface area contributed by atoms with Crippen molar-refractivity contribution in [2.75, 3.05) is 28.6 Å². The summed E-state index contributed by atoms with van der Waals surface area (Å²) < 4.78 is 0. The monoisotopic (exact) mass is 465 g/mol. The number of piperazine rings is 1. The Labute approximate surface area is 204 Å². The number of anilines is 5. The number of nitrogens with zero attached hydrogens (tertiary/aromatic N) is 6. The minimum Gasteiger partial charge on any atom is -0.363 e. The maximum atomic E-state index is 4.60. The van der Waals surface area contributed by atoms with Gasteiger partial charge in [0.1, 0.15) is 17.3 Å². The number of aryl methyl sites for hydroxylation is 1. The summed E-state index contributed by atoms with van der Waals surface area (Å²) in [5, 5.41) is 10.1. The molecule has 2 aliphatic heterocycles. The van der Waals surface area contributed by atoms with E-state index in [1.165, 1.54) is 18.5 Å². The van der Waals surface area contributed by atoms with Crippen LogP contribution in [0.4, 0.5) is 29.0 Å². The summed E-state index contributed by atoms with van der Waals surface area (Å²) in [6, 6.07) is 19.1. The number of rotatable bonds is 6. The molecule has 1 aromatic carbocycles. The summed E-state index contributed by atoms with van der Waals surface area (Å²) >= 11 is 0. The van der Waals surface area contributed by atoms with Gasteiger partial charge in [-0.05, 0) is 68.3 Å².